The van der Waals surface area contributed by atoms with Crippen molar-refractivity contribution in [3.05, 3.63) is 22.6 Å². The molecule has 0 radical (unpaired) electrons. The van der Waals surface area contributed by atoms with Crippen LogP contribution in [0.4, 0.5) is 0 Å². The molecule has 5 nitrogen and oxygen atoms in total. The fourth-order valence-electron chi connectivity index (χ4n) is 1.47. The van der Waals surface area contributed by atoms with Crippen molar-refractivity contribution in [1.82, 2.24) is 4.90 Å². The molecule has 100 valence electrons. The largest absolute Gasteiger partial charge is 0.465 e. The summed E-state index contributed by atoms with van der Waals surface area (Å²) in [5.41, 5.74) is 0. The number of ether oxygens (including phenoxy) is 1. The lowest BCUT2D eigenvalue weighted by Crippen LogP contribution is -2.36. The quantitative estimate of drug-likeness (QED) is 0.756. The predicted octanol–water partition coefficient (Wildman–Crippen LogP) is 2.46. The number of halogens is 1. The molecule has 0 saturated carbocycles. The fraction of sp³-hybridized carbons (Fsp3) is 0.500. The van der Waals surface area contributed by atoms with Crippen LogP contribution in [0.15, 0.2) is 21.2 Å². The second-order valence-corrected chi connectivity index (χ2v) is 4.42. The van der Waals surface area contributed by atoms with Crippen molar-refractivity contribution in [3.8, 4) is 0 Å². The summed E-state index contributed by atoms with van der Waals surface area (Å²) in [5, 5.41) is 0. The summed E-state index contributed by atoms with van der Waals surface area (Å²) in [4.78, 5) is 24.9. The minimum atomic E-state index is -0.412. The maximum absolute atomic E-state index is 12.1. The van der Waals surface area contributed by atoms with Crippen molar-refractivity contribution in [2.24, 2.45) is 0 Å². The van der Waals surface area contributed by atoms with Crippen molar-refractivity contribution >= 4 is 27.8 Å². The number of amides is 1. The van der Waals surface area contributed by atoms with E-state index < -0.39 is 5.97 Å². The van der Waals surface area contributed by atoms with Crippen molar-refractivity contribution in [3.63, 3.8) is 0 Å². The third-order valence-corrected chi connectivity index (χ3v) is 2.62. The lowest BCUT2D eigenvalue weighted by Gasteiger charge is -2.19. The summed E-state index contributed by atoms with van der Waals surface area (Å²) < 4.78 is 10.5. The summed E-state index contributed by atoms with van der Waals surface area (Å²) in [6.07, 6.45) is 0.757. The second kappa shape index (κ2) is 7.20. The van der Waals surface area contributed by atoms with Gasteiger partial charge in [0.1, 0.15) is 6.54 Å². The Labute approximate surface area is 114 Å². The van der Waals surface area contributed by atoms with Crippen molar-refractivity contribution in [1.29, 1.82) is 0 Å². The Balaban J connectivity index is 2.71. The van der Waals surface area contributed by atoms with Crippen LogP contribution >= 0.6 is 15.9 Å². The van der Waals surface area contributed by atoms with Gasteiger partial charge in [0.25, 0.3) is 5.91 Å². The monoisotopic (exact) mass is 317 g/mol. The first-order chi connectivity index (χ1) is 8.58. The van der Waals surface area contributed by atoms with E-state index in [2.05, 4.69) is 15.9 Å². The first-order valence-corrected chi connectivity index (χ1v) is 6.58. The average Bonchev–Trinajstić information content (AvgIpc) is 2.75. The molecule has 18 heavy (non-hydrogen) atoms. The van der Waals surface area contributed by atoms with E-state index >= 15 is 0 Å². The molecule has 1 amide bonds. The van der Waals surface area contributed by atoms with Gasteiger partial charge < -0.3 is 14.1 Å². The normalized spacial score (nSPS) is 10.2. The van der Waals surface area contributed by atoms with E-state index in [1.807, 2.05) is 6.92 Å². The van der Waals surface area contributed by atoms with Gasteiger partial charge in [-0.1, -0.05) is 6.92 Å². The maximum Gasteiger partial charge on any atom is 0.325 e. The Morgan fingerprint density at radius 1 is 1.39 bits per heavy atom. The highest BCUT2D eigenvalue weighted by Gasteiger charge is 2.21. The molecule has 1 heterocycles. The molecule has 0 bridgehead atoms. The molecule has 0 saturated heterocycles. The van der Waals surface area contributed by atoms with E-state index in [0.717, 1.165) is 6.42 Å². The molecule has 1 aromatic rings. The van der Waals surface area contributed by atoms with E-state index in [1.54, 1.807) is 19.1 Å². The topological polar surface area (TPSA) is 59.8 Å². The summed E-state index contributed by atoms with van der Waals surface area (Å²) in [7, 11) is 0. The molecule has 0 atom stereocenters. The molecule has 0 spiro atoms. The third kappa shape index (κ3) is 4.18. The van der Waals surface area contributed by atoms with Gasteiger partial charge in [-0.25, -0.2) is 0 Å². The van der Waals surface area contributed by atoms with Gasteiger partial charge in [-0.3, -0.25) is 9.59 Å². The number of carbonyl (C=O) groups excluding carboxylic acids is 2. The lowest BCUT2D eigenvalue weighted by molar-refractivity contribution is -0.143. The van der Waals surface area contributed by atoms with Crippen LogP contribution < -0.4 is 0 Å². The number of carbonyl (C=O) groups is 2. The molecule has 6 heteroatoms. The highest BCUT2D eigenvalue weighted by Crippen LogP contribution is 2.16. The van der Waals surface area contributed by atoms with E-state index in [4.69, 9.17) is 9.15 Å². The summed E-state index contributed by atoms with van der Waals surface area (Å²) >= 11 is 3.14. The van der Waals surface area contributed by atoms with Crippen LogP contribution in [0.5, 0.6) is 0 Å². The predicted molar refractivity (Wildman–Crippen MR) is 69.2 cm³/mol. The zero-order valence-corrected chi connectivity index (χ0v) is 12.0. The van der Waals surface area contributed by atoms with E-state index in [9.17, 15) is 9.59 Å². The molecule has 0 fully saturated rings. The first-order valence-electron chi connectivity index (χ1n) is 5.78. The number of rotatable bonds is 6. The SMILES string of the molecule is CCCN(CC(=O)OCC)C(=O)c1ccc(Br)o1. The van der Waals surface area contributed by atoms with Gasteiger partial charge in [-0.2, -0.15) is 0 Å². The van der Waals surface area contributed by atoms with Crippen LogP contribution in [-0.4, -0.2) is 36.5 Å². The molecule has 1 aromatic heterocycles. The Bertz CT molecular complexity index is 416. The number of hydrogen-bond acceptors (Lipinski definition) is 4. The Kier molecular flexibility index (Phi) is 5.91. The first kappa shape index (κ1) is 14.8. The molecule has 0 aliphatic carbocycles. The minimum Gasteiger partial charge on any atom is -0.465 e. The van der Waals surface area contributed by atoms with Gasteiger partial charge in [-0.15, -0.1) is 0 Å². The van der Waals surface area contributed by atoms with Gasteiger partial charge >= 0.3 is 5.97 Å². The minimum absolute atomic E-state index is 0.0567. The fourth-order valence-corrected chi connectivity index (χ4v) is 1.78. The summed E-state index contributed by atoms with van der Waals surface area (Å²) in [6.45, 7) is 4.39. The maximum atomic E-state index is 12.1. The zero-order chi connectivity index (χ0) is 13.5. The highest BCUT2D eigenvalue weighted by molar-refractivity contribution is 9.10. The Morgan fingerprint density at radius 2 is 2.11 bits per heavy atom. The number of esters is 1. The molecule has 0 N–H and O–H groups in total. The Hall–Kier alpha value is -1.30. The number of furan rings is 1. The molecule has 0 aliphatic heterocycles. The molecular formula is C12H16BrNO4. The zero-order valence-electron chi connectivity index (χ0n) is 10.4. The van der Waals surface area contributed by atoms with Gasteiger partial charge in [0, 0.05) is 6.54 Å². The van der Waals surface area contributed by atoms with Crippen LogP contribution in [0.25, 0.3) is 0 Å². The number of hydrogen-bond donors (Lipinski definition) is 0. The second-order valence-electron chi connectivity index (χ2n) is 3.64. The standard InChI is InChI=1S/C12H16BrNO4/c1-3-7-14(8-11(15)17-4-2)12(16)9-5-6-10(13)18-9/h5-6H,3-4,7-8H2,1-2H3. The average molecular weight is 318 g/mol. The van der Waals surface area contributed by atoms with Gasteiger partial charge in [0.15, 0.2) is 10.4 Å². The summed E-state index contributed by atoms with van der Waals surface area (Å²) in [6, 6.07) is 3.21. The van der Waals surface area contributed by atoms with Gasteiger partial charge in [0.2, 0.25) is 0 Å². The smallest absolute Gasteiger partial charge is 0.325 e. The number of nitrogens with zero attached hydrogens (tertiary/aromatic N) is 1. The van der Waals surface area contributed by atoms with Crippen LogP contribution in [-0.2, 0) is 9.53 Å². The van der Waals surface area contributed by atoms with Crippen LogP contribution in [0.2, 0.25) is 0 Å². The van der Waals surface area contributed by atoms with E-state index in [0.29, 0.717) is 17.8 Å². The molecule has 0 unspecified atom stereocenters. The lowest BCUT2D eigenvalue weighted by atomic mass is 10.3. The highest BCUT2D eigenvalue weighted by atomic mass is 79.9. The molecule has 1 rings (SSSR count). The summed E-state index contributed by atoms with van der Waals surface area (Å²) in [5.74, 6) is -0.514. The van der Waals surface area contributed by atoms with Crippen LogP contribution in [0, 0.1) is 0 Å². The molecule has 0 aromatic carbocycles. The molecule has 0 aliphatic rings. The van der Waals surface area contributed by atoms with Crippen LogP contribution in [0.1, 0.15) is 30.8 Å². The van der Waals surface area contributed by atoms with Crippen molar-refractivity contribution in [2.45, 2.75) is 20.3 Å². The van der Waals surface area contributed by atoms with Crippen LogP contribution in [0.3, 0.4) is 0 Å². The molecular weight excluding hydrogens is 302 g/mol. The van der Waals surface area contributed by atoms with E-state index in [-0.39, 0.29) is 18.2 Å². The Morgan fingerprint density at radius 3 is 2.61 bits per heavy atom. The van der Waals surface area contributed by atoms with E-state index in [1.165, 1.54) is 4.90 Å². The van der Waals surface area contributed by atoms with Gasteiger partial charge in [0.05, 0.1) is 6.61 Å². The van der Waals surface area contributed by atoms with Crippen molar-refractivity contribution < 1.29 is 18.7 Å². The van der Waals surface area contributed by atoms with Gasteiger partial charge in [-0.05, 0) is 41.4 Å². The third-order valence-electron chi connectivity index (χ3n) is 2.19. The van der Waals surface area contributed by atoms with Crippen molar-refractivity contribution in [2.75, 3.05) is 19.7 Å².